The molecule has 0 saturated carbocycles. The second kappa shape index (κ2) is 6.47. The summed E-state index contributed by atoms with van der Waals surface area (Å²) < 4.78 is 30.6. The van der Waals surface area contributed by atoms with Gasteiger partial charge in [0.1, 0.15) is 6.29 Å². The van der Waals surface area contributed by atoms with E-state index in [1.807, 2.05) is 13.8 Å². The highest BCUT2D eigenvalue weighted by Crippen LogP contribution is 2.17. The maximum Gasteiger partial charge on any atom is 0.216 e. The van der Waals surface area contributed by atoms with E-state index in [4.69, 9.17) is 4.74 Å². The van der Waals surface area contributed by atoms with Gasteiger partial charge in [-0.3, -0.25) is 0 Å². The average molecular weight is 263 g/mol. The summed E-state index contributed by atoms with van der Waals surface area (Å²) in [5.74, 6) is 0.0464. The monoisotopic (exact) mass is 263 g/mol. The largest absolute Gasteiger partial charge is 0.378 e. The molecule has 1 aliphatic heterocycles. The number of rotatable bonds is 6. The smallest absolute Gasteiger partial charge is 0.216 e. The molecule has 100 valence electrons. The van der Waals surface area contributed by atoms with Crippen molar-refractivity contribution in [3.05, 3.63) is 0 Å². The second-order valence-electron chi connectivity index (χ2n) is 4.61. The van der Waals surface area contributed by atoms with Crippen LogP contribution in [0.2, 0.25) is 0 Å². The van der Waals surface area contributed by atoms with Crippen LogP contribution in [0.4, 0.5) is 0 Å². The number of ether oxygens (including phenoxy) is 1. The number of carbonyl (C=O) groups is 1. The average Bonchev–Trinajstić information content (AvgIpc) is 2.28. The summed E-state index contributed by atoms with van der Waals surface area (Å²) in [6.07, 6.45) is 2.24. The maximum atomic E-state index is 11.9. The molecule has 0 aromatic carbocycles. The van der Waals surface area contributed by atoms with Gasteiger partial charge in [-0.25, -0.2) is 12.7 Å². The molecule has 0 N–H and O–H groups in total. The molecule has 0 bridgehead atoms. The molecule has 0 amide bonds. The van der Waals surface area contributed by atoms with Gasteiger partial charge >= 0.3 is 0 Å². The molecule has 1 heterocycles. The summed E-state index contributed by atoms with van der Waals surface area (Å²) in [6, 6.07) is 0. The van der Waals surface area contributed by atoms with Gasteiger partial charge in [-0.05, 0) is 26.7 Å². The van der Waals surface area contributed by atoms with Crippen LogP contribution in [-0.4, -0.2) is 50.6 Å². The molecule has 17 heavy (non-hydrogen) atoms. The van der Waals surface area contributed by atoms with Crippen molar-refractivity contribution in [2.45, 2.75) is 32.8 Å². The maximum absolute atomic E-state index is 11.9. The third-order valence-electron chi connectivity index (χ3n) is 2.88. The summed E-state index contributed by atoms with van der Waals surface area (Å²) in [5.41, 5.74) is 0. The number of sulfonamides is 1. The van der Waals surface area contributed by atoms with Gasteiger partial charge in [0.2, 0.25) is 10.0 Å². The number of hydrogen-bond donors (Lipinski definition) is 0. The molecule has 0 aromatic rings. The zero-order valence-electron chi connectivity index (χ0n) is 10.5. The summed E-state index contributed by atoms with van der Waals surface area (Å²) in [7, 11) is -3.22. The highest BCUT2D eigenvalue weighted by atomic mass is 32.2. The van der Waals surface area contributed by atoms with Crippen molar-refractivity contribution < 1.29 is 17.9 Å². The Morgan fingerprint density at radius 1 is 1.35 bits per heavy atom. The van der Waals surface area contributed by atoms with Crippen molar-refractivity contribution in [1.29, 1.82) is 0 Å². The van der Waals surface area contributed by atoms with E-state index < -0.39 is 10.0 Å². The van der Waals surface area contributed by atoms with Gasteiger partial charge in [-0.15, -0.1) is 0 Å². The first-order valence-corrected chi connectivity index (χ1v) is 7.61. The van der Waals surface area contributed by atoms with Gasteiger partial charge < -0.3 is 9.53 Å². The van der Waals surface area contributed by atoms with Crippen LogP contribution in [0.5, 0.6) is 0 Å². The van der Waals surface area contributed by atoms with Gasteiger partial charge in [0.25, 0.3) is 0 Å². The van der Waals surface area contributed by atoms with Crippen LogP contribution in [0.25, 0.3) is 0 Å². The van der Waals surface area contributed by atoms with E-state index in [2.05, 4.69) is 0 Å². The van der Waals surface area contributed by atoms with E-state index in [1.165, 1.54) is 4.31 Å². The van der Waals surface area contributed by atoms with Crippen molar-refractivity contribution in [2.24, 2.45) is 5.92 Å². The van der Waals surface area contributed by atoms with Crippen LogP contribution in [-0.2, 0) is 19.6 Å². The number of carbonyl (C=O) groups excluding carboxylic acids is 1. The van der Waals surface area contributed by atoms with Crippen LogP contribution in [0.1, 0.15) is 26.7 Å². The fourth-order valence-electron chi connectivity index (χ4n) is 1.81. The van der Waals surface area contributed by atoms with E-state index in [9.17, 15) is 13.2 Å². The predicted octanol–water partition coefficient (Wildman–Crippen LogP) is 0.652. The number of piperidine rings is 1. The van der Waals surface area contributed by atoms with Crippen LogP contribution in [0.15, 0.2) is 0 Å². The molecule has 6 heteroatoms. The third-order valence-corrected chi connectivity index (χ3v) is 4.71. The first-order chi connectivity index (χ1) is 7.95. The Morgan fingerprint density at radius 3 is 2.41 bits per heavy atom. The van der Waals surface area contributed by atoms with E-state index in [0.717, 1.165) is 6.29 Å². The van der Waals surface area contributed by atoms with E-state index in [-0.39, 0.29) is 24.4 Å². The minimum absolute atomic E-state index is 0.0216. The molecule has 0 aromatic heterocycles. The number of aldehydes is 1. The van der Waals surface area contributed by atoms with Gasteiger partial charge in [0.05, 0.1) is 18.5 Å². The van der Waals surface area contributed by atoms with Crippen LogP contribution in [0.3, 0.4) is 0 Å². The molecule has 0 spiro atoms. The zero-order chi connectivity index (χ0) is 12.9. The first kappa shape index (κ1) is 14.6. The van der Waals surface area contributed by atoms with E-state index >= 15 is 0 Å². The van der Waals surface area contributed by atoms with E-state index in [0.29, 0.717) is 25.9 Å². The number of nitrogens with zero attached hydrogens (tertiary/aromatic N) is 1. The van der Waals surface area contributed by atoms with Gasteiger partial charge in [-0.2, -0.15) is 0 Å². The number of hydrogen-bond acceptors (Lipinski definition) is 4. The zero-order valence-corrected chi connectivity index (χ0v) is 11.3. The summed E-state index contributed by atoms with van der Waals surface area (Å²) in [6.45, 7) is 4.89. The van der Waals surface area contributed by atoms with Gasteiger partial charge in [0, 0.05) is 19.0 Å². The van der Waals surface area contributed by atoms with Gasteiger partial charge in [-0.1, -0.05) is 0 Å². The summed E-state index contributed by atoms with van der Waals surface area (Å²) in [5, 5.41) is 0. The molecule has 1 rings (SSSR count). The standard InChI is InChI=1S/C11H21NO4S/c1-10(2)16-7-8-17(14,15)12-5-3-11(9-13)4-6-12/h9-11H,3-8H2,1-2H3. The van der Waals surface area contributed by atoms with Crippen molar-refractivity contribution in [1.82, 2.24) is 4.31 Å². The molecular weight excluding hydrogens is 242 g/mol. The highest BCUT2D eigenvalue weighted by Gasteiger charge is 2.27. The molecular formula is C11H21NO4S. The van der Waals surface area contributed by atoms with Gasteiger partial charge in [0.15, 0.2) is 0 Å². The molecule has 0 unspecified atom stereocenters. The Kier molecular flexibility index (Phi) is 5.55. The second-order valence-corrected chi connectivity index (χ2v) is 6.70. The minimum Gasteiger partial charge on any atom is -0.378 e. The lowest BCUT2D eigenvalue weighted by Crippen LogP contribution is -2.40. The lowest BCUT2D eigenvalue weighted by Gasteiger charge is -2.28. The summed E-state index contributed by atoms with van der Waals surface area (Å²) in [4.78, 5) is 10.6. The SMILES string of the molecule is CC(C)OCCS(=O)(=O)N1CCC(C=O)CC1. The van der Waals surface area contributed by atoms with Crippen molar-refractivity contribution in [3.8, 4) is 0 Å². The molecule has 0 aliphatic carbocycles. The molecule has 0 atom stereocenters. The summed E-state index contributed by atoms with van der Waals surface area (Å²) >= 11 is 0. The van der Waals surface area contributed by atoms with Crippen LogP contribution < -0.4 is 0 Å². The van der Waals surface area contributed by atoms with Crippen LogP contribution >= 0.6 is 0 Å². The lowest BCUT2D eigenvalue weighted by atomic mass is 10.0. The van der Waals surface area contributed by atoms with E-state index in [1.54, 1.807) is 0 Å². The Hall–Kier alpha value is -0.460. The topological polar surface area (TPSA) is 63.7 Å². The fraction of sp³-hybridized carbons (Fsp3) is 0.909. The third kappa shape index (κ3) is 4.73. The highest BCUT2D eigenvalue weighted by molar-refractivity contribution is 7.89. The molecule has 5 nitrogen and oxygen atoms in total. The normalized spacial score (nSPS) is 19.7. The lowest BCUT2D eigenvalue weighted by molar-refractivity contribution is -0.112. The Bertz CT molecular complexity index is 331. The quantitative estimate of drug-likeness (QED) is 0.660. The predicted molar refractivity (Wildman–Crippen MR) is 65.2 cm³/mol. The molecule has 1 fully saturated rings. The van der Waals surface area contributed by atoms with Crippen LogP contribution in [0, 0.1) is 5.92 Å². The van der Waals surface area contributed by atoms with Crippen molar-refractivity contribution in [2.75, 3.05) is 25.4 Å². The first-order valence-electron chi connectivity index (χ1n) is 6.00. The molecule has 1 aliphatic rings. The van der Waals surface area contributed by atoms with Crippen molar-refractivity contribution in [3.63, 3.8) is 0 Å². The fourth-order valence-corrected chi connectivity index (χ4v) is 3.14. The minimum atomic E-state index is -3.22. The van der Waals surface area contributed by atoms with Crippen molar-refractivity contribution >= 4 is 16.3 Å². The Labute approximate surface area is 103 Å². The Morgan fingerprint density at radius 2 is 1.94 bits per heavy atom. The molecule has 1 saturated heterocycles. The Balaban J connectivity index is 2.40. The molecule has 0 radical (unpaired) electrons.